The molecule has 30 heavy (non-hydrogen) atoms. The number of ether oxygens (including phenoxy) is 2. The van der Waals surface area contributed by atoms with Crippen LogP contribution in [-0.2, 0) is 0 Å². The molecule has 0 aliphatic carbocycles. The van der Waals surface area contributed by atoms with Gasteiger partial charge in [-0.1, -0.05) is 18.2 Å². The number of benzene rings is 2. The molecule has 7 heteroatoms. The second-order valence-electron chi connectivity index (χ2n) is 6.81. The Balaban J connectivity index is 1.60. The smallest absolute Gasteiger partial charge is 0.256 e. The van der Waals surface area contributed by atoms with Crippen LogP contribution in [0.3, 0.4) is 0 Å². The molecule has 7 nitrogen and oxygen atoms in total. The Kier molecular flexibility index (Phi) is 4.21. The van der Waals surface area contributed by atoms with Crippen molar-refractivity contribution in [3.05, 3.63) is 72.0 Å². The lowest BCUT2D eigenvalue weighted by atomic mass is 10.0. The number of anilines is 1. The average molecular weight is 400 g/mol. The van der Waals surface area contributed by atoms with Crippen molar-refractivity contribution < 1.29 is 23.5 Å². The third-order valence-electron chi connectivity index (χ3n) is 4.87. The fourth-order valence-electron chi connectivity index (χ4n) is 3.44. The fraction of sp³-hybridized carbons (Fsp3) is 0.0870. The number of rotatable bonds is 4. The van der Waals surface area contributed by atoms with Crippen LogP contribution >= 0.6 is 0 Å². The van der Waals surface area contributed by atoms with Crippen LogP contribution in [0.2, 0.25) is 0 Å². The highest BCUT2D eigenvalue weighted by Crippen LogP contribution is 2.37. The van der Waals surface area contributed by atoms with Crippen molar-refractivity contribution in [2.75, 3.05) is 12.1 Å². The molecule has 5 rings (SSSR count). The highest BCUT2D eigenvalue weighted by atomic mass is 16.7. The van der Waals surface area contributed by atoms with Gasteiger partial charge in [-0.05, 0) is 37.3 Å². The molecule has 0 unspecified atom stereocenters. The molecule has 0 bridgehead atoms. The second kappa shape index (κ2) is 7.04. The maximum absolute atomic E-state index is 13.3. The average Bonchev–Trinajstić information content (AvgIpc) is 3.44. The van der Waals surface area contributed by atoms with Crippen LogP contribution in [0.25, 0.3) is 22.4 Å². The van der Waals surface area contributed by atoms with Crippen LogP contribution in [0.15, 0.2) is 65.3 Å². The normalized spacial score (nSPS) is 12.2. The number of aromatic nitrogens is 1. The van der Waals surface area contributed by atoms with E-state index in [0.29, 0.717) is 50.7 Å². The zero-order valence-corrected chi connectivity index (χ0v) is 16.0. The van der Waals surface area contributed by atoms with Gasteiger partial charge in [-0.2, -0.15) is 0 Å². The maximum Gasteiger partial charge on any atom is 0.256 e. The molecule has 1 amide bonds. The number of carbonyl (C=O) groups is 2. The van der Waals surface area contributed by atoms with E-state index in [0.717, 1.165) is 0 Å². The molecule has 0 saturated heterocycles. The minimum Gasteiger partial charge on any atom is -0.463 e. The maximum atomic E-state index is 13.3. The lowest BCUT2D eigenvalue weighted by Gasteiger charge is -2.13. The van der Waals surface area contributed by atoms with Gasteiger partial charge >= 0.3 is 0 Å². The molecule has 3 heterocycles. The predicted octanol–water partition coefficient (Wildman–Crippen LogP) is 4.68. The molecule has 2 aromatic heterocycles. The summed E-state index contributed by atoms with van der Waals surface area (Å²) in [5.41, 5.74) is 2.32. The van der Waals surface area contributed by atoms with Crippen molar-refractivity contribution in [1.82, 2.24) is 4.98 Å². The third kappa shape index (κ3) is 3.06. The van der Waals surface area contributed by atoms with Crippen LogP contribution in [0, 0.1) is 0 Å². The van der Waals surface area contributed by atoms with Gasteiger partial charge < -0.3 is 19.2 Å². The van der Waals surface area contributed by atoms with Crippen molar-refractivity contribution in [3.8, 4) is 23.0 Å². The summed E-state index contributed by atoms with van der Waals surface area (Å²) in [6.45, 7) is 1.51. The third-order valence-corrected chi connectivity index (χ3v) is 4.87. The zero-order chi connectivity index (χ0) is 20.7. The fourth-order valence-corrected chi connectivity index (χ4v) is 3.44. The van der Waals surface area contributed by atoms with Gasteiger partial charge in [0.2, 0.25) is 6.79 Å². The molecule has 1 N–H and O–H groups in total. The summed E-state index contributed by atoms with van der Waals surface area (Å²) in [6.07, 6.45) is 1.55. The molecule has 0 spiro atoms. The molecule has 1 aliphatic rings. The van der Waals surface area contributed by atoms with E-state index in [9.17, 15) is 9.59 Å². The SMILES string of the molecule is CC(=O)c1cc2c(cc1NC(=O)c1cc(-c3ccco3)nc3ccccc13)OCO2. The minimum absolute atomic E-state index is 0.0750. The lowest BCUT2D eigenvalue weighted by molar-refractivity contribution is 0.101. The number of nitrogens with zero attached hydrogens (tertiary/aromatic N) is 1. The summed E-state index contributed by atoms with van der Waals surface area (Å²) in [4.78, 5) is 30.0. The summed E-state index contributed by atoms with van der Waals surface area (Å²) >= 11 is 0. The van der Waals surface area contributed by atoms with Crippen LogP contribution in [0.4, 0.5) is 5.69 Å². The molecule has 0 fully saturated rings. The summed E-state index contributed by atoms with van der Waals surface area (Å²) in [5, 5.41) is 3.54. The zero-order valence-electron chi connectivity index (χ0n) is 16.0. The minimum atomic E-state index is -0.372. The van der Waals surface area contributed by atoms with E-state index in [-0.39, 0.29) is 18.5 Å². The van der Waals surface area contributed by atoms with Gasteiger partial charge in [-0.15, -0.1) is 0 Å². The van der Waals surface area contributed by atoms with Gasteiger partial charge in [0.1, 0.15) is 5.69 Å². The van der Waals surface area contributed by atoms with Gasteiger partial charge in [0.15, 0.2) is 23.0 Å². The Hall–Kier alpha value is -4.13. The summed E-state index contributed by atoms with van der Waals surface area (Å²) in [7, 11) is 0. The van der Waals surface area contributed by atoms with Crippen molar-refractivity contribution in [1.29, 1.82) is 0 Å². The molecule has 2 aromatic carbocycles. The molecule has 0 radical (unpaired) electrons. The number of carbonyl (C=O) groups excluding carboxylic acids is 2. The van der Waals surface area contributed by atoms with Crippen LogP contribution < -0.4 is 14.8 Å². The number of fused-ring (bicyclic) bond motifs is 2. The number of hydrogen-bond acceptors (Lipinski definition) is 6. The van der Waals surface area contributed by atoms with E-state index in [1.165, 1.54) is 6.92 Å². The van der Waals surface area contributed by atoms with Crippen LogP contribution in [-0.4, -0.2) is 23.5 Å². The summed E-state index contributed by atoms with van der Waals surface area (Å²) < 4.78 is 16.2. The first-order valence-electron chi connectivity index (χ1n) is 9.30. The molecule has 4 aromatic rings. The summed E-state index contributed by atoms with van der Waals surface area (Å²) in [5.74, 6) is 0.948. The van der Waals surface area contributed by atoms with Crippen molar-refractivity contribution >= 4 is 28.3 Å². The number of Topliss-reactive ketones (excluding diaryl/α,β-unsaturated/α-hetero) is 1. The van der Waals surface area contributed by atoms with E-state index in [2.05, 4.69) is 10.3 Å². The predicted molar refractivity (Wildman–Crippen MR) is 110 cm³/mol. The van der Waals surface area contributed by atoms with Crippen LogP contribution in [0.1, 0.15) is 27.6 Å². The second-order valence-corrected chi connectivity index (χ2v) is 6.81. The highest BCUT2D eigenvalue weighted by molar-refractivity contribution is 6.15. The van der Waals surface area contributed by atoms with Gasteiger partial charge in [0.05, 0.1) is 23.0 Å². The molecular weight excluding hydrogens is 384 g/mol. The Bertz CT molecular complexity index is 1290. The van der Waals surface area contributed by atoms with Crippen molar-refractivity contribution in [2.24, 2.45) is 0 Å². The molecular formula is C23H16N2O5. The molecule has 148 valence electrons. The van der Waals surface area contributed by atoms with Crippen LogP contribution in [0.5, 0.6) is 11.5 Å². The van der Waals surface area contributed by atoms with Gasteiger partial charge in [-0.25, -0.2) is 4.98 Å². The van der Waals surface area contributed by atoms with E-state index >= 15 is 0 Å². The summed E-state index contributed by atoms with van der Waals surface area (Å²) in [6, 6.07) is 15.8. The Morgan fingerprint density at radius 3 is 2.53 bits per heavy atom. The molecule has 0 atom stereocenters. The first-order chi connectivity index (χ1) is 14.6. The first-order valence-corrected chi connectivity index (χ1v) is 9.30. The Labute approximate surface area is 171 Å². The topological polar surface area (TPSA) is 90.7 Å². The number of amides is 1. The van der Waals surface area contributed by atoms with Gasteiger partial charge in [0, 0.05) is 17.0 Å². The monoisotopic (exact) mass is 400 g/mol. The number of pyridine rings is 1. The van der Waals surface area contributed by atoms with Crippen molar-refractivity contribution in [3.63, 3.8) is 0 Å². The van der Waals surface area contributed by atoms with E-state index in [4.69, 9.17) is 13.9 Å². The highest BCUT2D eigenvalue weighted by Gasteiger charge is 2.22. The van der Waals surface area contributed by atoms with Crippen molar-refractivity contribution in [2.45, 2.75) is 6.92 Å². The number of nitrogens with one attached hydrogen (secondary N) is 1. The standard InChI is InChI=1S/C23H16N2O5/c1-13(26)15-10-21-22(30-12-29-21)11-18(15)25-23(27)16-9-19(20-7-4-8-28-20)24-17-6-3-2-5-14(16)17/h2-11H,12H2,1H3,(H,25,27). The quantitative estimate of drug-likeness (QED) is 0.500. The molecule has 1 aliphatic heterocycles. The van der Waals surface area contributed by atoms with Gasteiger partial charge in [-0.3, -0.25) is 9.59 Å². The Morgan fingerprint density at radius 2 is 1.77 bits per heavy atom. The molecule has 0 saturated carbocycles. The number of ketones is 1. The number of furan rings is 1. The van der Waals surface area contributed by atoms with Gasteiger partial charge in [0.25, 0.3) is 5.91 Å². The lowest BCUT2D eigenvalue weighted by Crippen LogP contribution is -2.15. The van der Waals surface area contributed by atoms with E-state index in [1.54, 1.807) is 36.6 Å². The first kappa shape index (κ1) is 17.9. The number of para-hydroxylation sites is 1. The van der Waals surface area contributed by atoms with E-state index in [1.807, 2.05) is 24.3 Å². The Morgan fingerprint density at radius 1 is 0.967 bits per heavy atom. The largest absolute Gasteiger partial charge is 0.463 e. The number of hydrogen-bond donors (Lipinski definition) is 1. The van der Waals surface area contributed by atoms with E-state index < -0.39 is 0 Å².